The molecule has 3 rings (SSSR count). The van der Waals surface area contributed by atoms with Crippen LogP contribution in [0.5, 0.6) is 0 Å². The van der Waals surface area contributed by atoms with Gasteiger partial charge in [0, 0.05) is 25.3 Å². The lowest BCUT2D eigenvalue weighted by molar-refractivity contribution is -0.0164. The molecule has 1 amide bonds. The monoisotopic (exact) mass is 317 g/mol. The van der Waals surface area contributed by atoms with Gasteiger partial charge >= 0.3 is 0 Å². The number of hydroxylamine groups is 1. The van der Waals surface area contributed by atoms with Gasteiger partial charge in [-0.05, 0) is 42.7 Å². The van der Waals surface area contributed by atoms with E-state index >= 15 is 0 Å². The van der Waals surface area contributed by atoms with Crippen LogP contribution in [-0.2, 0) is 13.0 Å². The molecule has 23 heavy (non-hydrogen) atoms. The Hall–Kier alpha value is -1.46. The summed E-state index contributed by atoms with van der Waals surface area (Å²) in [4.78, 5) is 18.5. The number of carbonyl (C=O) groups excluding carboxylic acids is 1. The Morgan fingerprint density at radius 2 is 2.26 bits per heavy atom. The van der Waals surface area contributed by atoms with Crippen LogP contribution in [0.25, 0.3) is 0 Å². The van der Waals surface area contributed by atoms with Crippen LogP contribution in [0.15, 0.2) is 12.3 Å². The minimum Gasteiger partial charge on any atom is -0.294 e. The highest BCUT2D eigenvalue weighted by molar-refractivity contribution is 5.93. The van der Waals surface area contributed by atoms with E-state index in [1.54, 1.807) is 11.7 Å². The van der Waals surface area contributed by atoms with E-state index in [1.807, 2.05) is 6.07 Å². The average molecular weight is 317 g/mol. The highest BCUT2D eigenvalue weighted by Gasteiger charge is 2.44. The van der Waals surface area contributed by atoms with E-state index in [9.17, 15) is 4.79 Å². The van der Waals surface area contributed by atoms with Gasteiger partial charge in [0.05, 0.1) is 11.3 Å². The molecule has 5 nitrogen and oxygen atoms in total. The van der Waals surface area contributed by atoms with Crippen molar-refractivity contribution in [3.05, 3.63) is 29.1 Å². The zero-order chi connectivity index (χ0) is 16.4. The number of rotatable bonds is 5. The maximum atomic E-state index is 11.5. The molecule has 0 atom stereocenters. The second-order valence-electron chi connectivity index (χ2n) is 7.16. The largest absolute Gasteiger partial charge is 0.294 e. The van der Waals surface area contributed by atoms with Crippen molar-refractivity contribution in [3.63, 3.8) is 0 Å². The summed E-state index contributed by atoms with van der Waals surface area (Å²) in [6.07, 6.45) is 9.04. The molecule has 1 aliphatic carbocycles. The Bertz CT molecular complexity index is 582. The van der Waals surface area contributed by atoms with E-state index in [-0.39, 0.29) is 0 Å². The fraction of sp³-hybridized carbons (Fsp3) is 0.667. The molecule has 5 heteroatoms. The summed E-state index contributed by atoms with van der Waals surface area (Å²) in [5, 5.41) is 8.73. The van der Waals surface area contributed by atoms with Gasteiger partial charge in [0.2, 0.25) is 0 Å². The molecule has 0 radical (unpaired) electrons. The molecule has 1 fully saturated rings. The quantitative estimate of drug-likeness (QED) is 0.647. The first-order valence-electron chi connectivity index (χ1n) is 8.77. The summed E-state index contributed by atoms with van der Waals surface area (Å²) in [6.45, 7) is 6.53. The first-order valence-corrected chi connectivity index (χ1v) is 8.77. The topological polar surface area (TPSA) is 65.5 Å². The minimum absolute atomic E-state index is 0.427. The lowest BCUT2D eigenvalue weighted by Crippen LogP contribution is -2.52. The second kappa shape index (κ2) is 6.57. The fourth-order valence-corrected chi connectivity index (χ4v) is 4.33. The van der Waals surface area contributed by atoms with Gasteiger partial charge in [0.15, 0.2) is 0 Å². The highest BCUT2D eigenvalue weighted by Crippen LogP contribution is 2.50. The number of hydrogen-bond acceptors (Lipinski definition) is 4. The van der Waals surface area contributed by atoms with Gasteiger partial charge in [-0.3, -0.25) is 19.9 Å². The standard InChI is InChI=1S/C18H27N3O2/c1-3-6-18(4-2)9-15(10-18)21-7-5-13-8-14(17(22)20-23)11-19-16(13)12-21/h8,11,15,23H,3-7,9-10,12H2,1-2H3,(H,20,22). The summed E-state index contributed by atoms with van der Waals surface area (Å²) in [6, 6.07) is 2.55. The summed E-state index contributed by atoms with van der Waals surface area (Å²) in [5.74, 6) is -0.492. The molecule has 0 unspecified atom stereocenters. The van der Waals surface area contributed by atoms with Crippen LogP contribution in [0.4, 0.5) is 0 Å². The number of hydrogen-bond donors (Lipinski definition) is 2. The van der Waals surface area contributed by atoms with E-state index < -0.39 is 5.91 Å². The average Bonchev–Trinajstić information content (AvgIpc) is 2.56. The Morgan fingerprint density at radius 1 is 1.48 bits per heavy atom. The van der Waals surface area contributed by atoms with Gasteiger partial charge in [0.25, 0.3) is 5.91 Å². The van der Waals surface area contributed by atoms with E-state index in [1.165, 1.54) is 32.1 Å². The lowest BCUT2D eigenvalue weighted by Gasteiger charge is -2.53. The van der Waals surface area contributed by atoms with Crippen molar-refractivity contribution >= 4 is 5.91 Å². The Morgan fingerprint density at radius 3 is 2.91 bits per heavy atom. The van der Waals surface area contributed by atoms with Crippen molar-refractivity contribution in [2.75, 3.05) is 6.54 Å². The Balaban J connectivity index is 1.64. The van der Waals surface area contributed by atoms with Crippen LogP contribution in [0.1, 0.15) is 67.6 Å². The van der Waals surface area contributed by atoms with Crippen LogP contribution in [0, 0.1) is 5.41 Å². The SMILES string of the molecule is CCCC1(CC)CC(N2CCc3cc(C(=O)NO)cnc3C2)C1. The van der Waals surface area contributed by atoms with Gasteiger partial charge in [-0.25, -0.2) is 5.48 Å². The normalized spacial score (nSPS) is 27.2. The van der Waals surface area contributed by atoms with Crippen LogP contribution >= 0.6 is 0 Å². The van der Waals surface area contributed by atoms with Crippen molar-refractivity contribution in [2.24, 2.45) is 5.41 Å². The molecule has 2 heterocycles. The molecule has 1 saturated carbocycles. The van der Waals surface area contributed by atoms with Crippen molar-refractivity contribution in [3.8, 4) is 0 Å². The molecule has 0 aromatic carbocycles. The van der Waals surface area contributed by atoms with E-state index in [0.29, 0.717) is 17.0 Å². The van der Waals surface area contributed by atoms with Gasteiger partial charge < -0.3 is 0 Å². The Kier molecular flexibility index (Phi) is 4.69. The molecular weight excluding hydrogens is 290 g/mol. The maximum Gasteiger partial charge on any atom is 0.276 e. The van der Waals surface area contributed by atoms with Gasteiger partial charge in [-0.2, -0.15) is 0 Å². The van der Waals surface area contributed by atoms with E-state index in [4.69, 9.17) is 5.21 Å². The minimum atomic E-state index is -0.492. The van der Waals surface area contributed by atoms with Crippen molar-refractivity contribution < 1.29 is 10.0 Å². The third-order valence-corrected chi connectivity index (χ3v) is 5.83. The van der Waals surface area contributed by atoms with Crippen LogP contribution in [0.2, 0.25) is 0 Å². The summed E-state index contributed by atoms with van der Waals surface area (Å²) in [7, 11) is 0. The lowest BCUT2D eigenvalue weighted by atomic mass is 9.61. The number of amides is 1. The number of pyridine rings is 1. The van der Waals surface area contributed by atoms with Gasteiger partial charge in [-0.1, -0.05) is 26.7 Å². The smallest absolute Gasteiger partial charge is 0.276 e. The number of carbonyl (C=O) groups is 1. The van der Waals surface area contributed by atoms with Crippen molar-refractivity contribution in [1.82, 2.24) is 15.4 Å². The summed E-state index contributed by atoms with van der Waals surface area (Å²) in [5.41, 5.74) is 4.89. The number of aromatic nitrogens is 1. The van der Waals surface area contributed by atoms with Gasteiger partial charge in [-0.15, -0.1) is 0 Å². The number of fused-ring (bicyclic) bond motifs is 1. The highest BCUT2D eigenvalue weighted by atomic mass is 16.5. The summed E-state index contributed by atoms with van der Waals surface area (Å²) >= 11 is 0. The zero-order valence-corrected chi connectivity index (χ0v) is 14.1. The van der Waals surface area contributed by atoms with Crippen LogP contribution in [0.3, 0.4) is 0 Å². The first kappa shape index (κ1) is 16.4. The molecule has 2 N–H and O–H groups in total. The third kappa shape index (κ3) is 3.12. The second-order valence-corrected chi connectivity index (χ2v) is 7.16. The molecule has 1 aliphatic heterocycles. The predicted octanol–water partition coefficient (Wildman–Crippen LogP) is 2.92. The maximum absolute atomic E-state index is 11.5. The predicted molar refractivity (Wildman–Crippen MR) is 88.3 cm³/mol. The van der Waals surface area contributed by atoms with Gasteiger partial charge in [0.1, 0.15) is 0 Å². The van der Waals surface area contributed by atoms with Crippen LogP contribution in [-0.4, -0.2) is 33.6 Å². The molecule has 0 bridgehead atoms. The van der Waals surface area contributed by atoms with Crippen molar-refractivity contribution in [2.45, 2.75) is 65.0 Å². The molecule has 0 spiro atoms. The molecule has 2 aliphatic rings. The van der Waals surface area contributed by atoms with E-state index in [0.717, 1.165) is 30.8 Å². The van der Waals surface area contributed by atoms with E-state index in [2.05, 4.69) is 23.7 Å². The molecular formula is C18H27N3O2. The third-order valence-electron chi connectivity index (χ3n) is 5.83. The molecule has 0 saturated heterocycles. The number of nitrogens with zero attached hydrogens (tertiary/aromatic N) is 2. The van der Waals surface area contributed by atoms with Crippen LogP contribution < -0.4 is 5.48 Å². The Labute approximate surface area is 138 Å². The molecule has 126 valence electrons. The zero-order valence-electron chi connectivity index (χ0n) is 14.1. The fourth-order valence-electron chi connectivity index (χ4n) is 4.33. The van der Waals surface area contributed by atoms with Crippen molar-refractivity contribution in [1.29, 1.82) is 0 Å². The molecule has 1 aromatic heterocycles. The first-order chi connectivity index (χ1) is 11.1. The molecule has 1 aromatic rings. The summed E-state index contributed by atoms with van der Waals surface area (Å²) < 4.78 is 0. The number of nitrogens with one attached hydrogen (secondary N) is 1.